The maximum atomic E-state index is 11.4. The summed E-state index contributed by atoms with van der Waals surface area (Å²) in [5.41, 5.74) is 2.38. The molecule has 4 heteroatoms. The fourth-order valence-electron chi connectivity index (χ4n) is 1.42. The Morgan fingerprint density at radius 1 is 1.47 bits per heavy atom. The van der Waals surface area contributed by atoms with Crippen LogP contribution in [0.15, 0.2) is 18.2 Å². The molecular weight excluding hydrogens is 218 g/mol. The molecular formula is C13H17NO3. The predicted molar refractivity (Wildman–Crippen MR) is 64.2 cm³/mol. The lowest BCUT2D eigenvalue weighted by Crippen LogP contribution is -2.31. The highest BCUT2D eigenvalue weighted by Gasteiger charge is 2.22. The summed E-state index contributed by atoms with van der Waals surface area (Å²) in [7, 11) is 0. The molecule has 0 radical (unpaired) electrons. The zero-order valence-electron chi connectivity index (χ0n) is 10.2. The van der Waals surface area contributed by atoms with Gasteiger partial charge in [-0.25, -0.2) is 0 Å². The lowest BCUT2D eigenvalue weighted by molar-refractivity contribution is -0.123. The molecule has 0 aromatic heterocycles. The number of rotatable bonds is 5. The first-order valence-electron chi connectivity index (χ1n) is 5.73. The van der Waals surface area contributed by atoms with Gasteiger partial charge in [0, 0.05) is 6.54 Å². The van der Waals surface area contributed by atoms with Crippen molar-refractivity contribution < 1.29 is 14.3 Å². The molecule has 0 spiro atoms. The summed E-state index contributed by atoms with van der Waals surface area (Å²) >= 11 is 0. The van der Waals surface area contributed by atoms with Crippen LogP contribution in [0.2, 0.25) is 0 Å². The molecule has 1 aliphatic rings. The van der Waals surface area contributed by atoms with Gasteiger partial charge >= 0.3 is 0 Å². The molecule has 1 fully saturated rings. The normalized spacial score (nSPS) is 17.6. The molecule has 2 rings (SSSR count). The second-order valence-electron chi connectivity index (χ2n) is 4.29. The van der Waals surface area contributed by atoms with E-state index in [1.165, 1.54) is 5.56 Å². The first kappa shape index (κ1) is 11.9. The quantitative estimate of drug-likeness (QED) is 0.780. The smallest absolute Gasteiger partial charge is 0.258 e. The van der Waals surface area contributed by atoms with E-state index in [0.717, 1.165) is 17.9 Å². The van der Waals surface area contributed by atoms with Crippen molar-refractivity contribution in [1.29, 1.82) is 0 Å². The van der Waals surface area contributed by atoms with E-state index >= 15 is 0 Å². The molecule has 1 atom stereocenters. The Bertz CT molecular complexity index is 413. The summed E-state index contributed by atoms with van der Waals surface area (Å²) in [6.45, 7) is 5.44. The van der Waals surface area contributed by atoms with Crippen molar-refractivity contribution in [3.05, 3.63) is 29.3 Å². The molecule has 0 bridgehead atoms. The van der Waals surface area contributed by atoms with E-state index in [0.29, 0.717) is 6.54 Å². The van der Waals surface area contributed by atoms with Crippen LogP contribution in [0.5, 0.6) is 5.75 Å². The van der Waals surface area contributed by atoms with Crippen molar-refractivity contribution in [2.24, 2.45) is 0 Å². The van der Waals surface area contributed by atoms with E-state index < -0.39 is 0 Å². The number of hydrogen-bond donors (Lipinski definition) is 1. The van der Waals surface area contributed by atoms with E-state index in [9.17, 15) is 4.79 Å². The Morgan fingerprint density at radius 2 is 2.24 bits per heavy atom. The summed E-state index contributed by atoms with van der Waals surface area (Å²) in [5, 5.41) is 2.75. The minimum atomic E-state index is -0.112. The Morgan fingerprint density at radius 3 is 2.88 bits per heavy atom. The Labute approximate surface area is 101 Å². The molecule has 4 nitrogen and oxygen atoms in total. The first-order valence-corrected chi connectivity index (χ1v) is 5.73. The van der Waals surface area contributed by atoms with Crippen LogP contribution >= 0.6 is 0 Å². The summed E-state index contributed by atoms with van der Waals surface area (Å²) in [6.07, 6.45) is 0.209. The Hall–Kier alpha value is -1.55. The third kappa shape index (κ3) is 3.75. The van der Waals surface area contributed by atoms with Crippen molar-refractivity contribution in [3.63, 3.8) is 0 Å². The van der Waals surface area contributed by atoms with E-state index in [4.69, 9.17) is 9.47 Å². The van der Waals surface area contributed by atoms with Crippen LogP contribution in [-0.4, -0.2) is 31.8 Å². The van der Waals surface area contributed by atoms with E-state index in [1.54, 1.807) is 0 Å². The van der Waals surface area contributed by atoms with Gasteiger partial charge in [0.15, 0.2) is 6.61 Å². The number of aryl methyl sites for hydroxylation is 2. The summed E-state index contributed by atoms with van der Waals surface area (Å²) in [6, 6.07) is 5.80. The minimum absolute atomic E-state index is 0.0508. The van der Waals surface area contributed by atoms with Crippen molar-refractivity contribution in [3.8, 4) is 5.75 Å². The van der Waals surface area contributed by atoms with Gasteiger partial charge in [-0.2, -0.15) is 0 Å². The fraction of sp³-hybridized carbons (Fsp3) is 0.462. The third-order valence-corrected chi connectivity index (χ3v) is 2.78. The molecule has 1 amide bonds. The average molecular weight is 235 g/mol. The Balaban J connectivity index is 1.75. The van der Waals surface area contributed by atoms with Crippen molar-refractivity contribution in [2.75, 3.05) is 19.8 Å². The van der Waals surface area contributed by atoms with Gasteiger partial charge in [0.05, 0.1) is 12.7 Å². The lowest BCUT2D eigenvalue weighted by Gasteiger charge is -2.08. The number of hydrogen-bond acceptors (Lipinski definition) is 3. The predicted octanol–water partition coefficient (Wildman–Crippen LogP) is 1.20. The van der Waals surface area contributed by atoms with Gasteiger partial charge in [-0.05, 0) is 37.1 Å². The van der Waals surface area contributed by atoms with Gasteiger partial charge in [-0.1, -0.05) is 6.07 Å². The molecule has 17 heavy (non-hydrogen) atoms. The SMILES string of the molecule is Cc1ccc(OCC(=O)NCC2CO2)cc1C. The van der Waals surface area contributed by atoms with Gasteiger partial charge in [0.25, 0.3) is 5.91 Å². The molecule has 92 valence electrons. The van der Waals surface area contributed by atoms with Gasteiger partial charge in [-0.3, -0.25) is 4.79 Å². The number of ether oxygens (including phenoxy) is 2. The van der Waals surface area contributed by atoms with Crippen LogP contribution in [0, 0.1) is 13.8 Å². The van der Waals surface area contributed by atoms with Crippen LogP contribution in [0.25, 0.3) is 0 Å². The minimum Gasteiger partial charge on any atom is -0.484 e. The van der Waals surface area contributed by atoms with E-state index in [2.05, 4.69) is 5.32 Å². The molecule has 1 saturated heterocycles. The van der Waals surface area contributed by atoms with Crippen molar-refractivity contribution >= 4 is 5.91 Å². The lowest BCUT2D eigenvalue weighted by atomic mass is 10.1. The zero-order valence-corrected chi connectivity index (χ0v) is 10.2. The number of epoxide rings is 1. The molecule has 1 aromatic carbocycles. The number of amides is 1. The maximum Gasteiger partial charge on any atom is 0.258 e. The Kier molecular flexibility index (Phi) is 3.64. The van der Waals surface area contributed by atoms with E-state index in [-0.39, 0.29) is 18.6 Å². The van der Waals surface area contributed by atoms with Crippen molar-refractivity contribution in [1.82, 2.24) is 5.32 Å². The van der Waals surface area contributed by atoms with E-state index in [1.807, 2.05) is 32.0 Å². The topological polar surface area (TPSA) is 50.9 Å². The standard InChI is InChI=1S/C13H17NO3/c1-9-3-4-11(5-10(9)2)17-8-13(15)14-6-12-7-16-12/h3-5,12H,6-8H2,1-2H3,(H,14,15). The van der Waals surface area contributed by atoms with Gasteiger partial charge in [-0.15, -0.1) is 0 Å². The zero-order chi connectivity index (χ0) is 12.3. The van der Waals surface area contributed by atoms with Crippen LogP contribution < -0.4 is 10.1 Å². The van der Waals surface area contributed by atoms with Crippen LogP contribution in [0.1, 0.15) is 11.1 Å². The monoisotopic (exact) mass is 235 g/mol. The number of carbonyl (C=O) groups is 1. The molecule has 1 heterocycles. The largest absolute Gasteiger partial charge is 0.484 e. The second-order valence-corrected chi connectivity index (χ2v) is 4.29. The van der Waals surface area contributed by atoms with Crippen molar-refractivity contribution in [2.45, 2.75) is 20.0 Å². The summed E-state index contributed by atoms with van der Waals surface area (Å²) in [4.78, 5) is 11.4. The molecule has 1 unspecified atom stereocenters. The van der Waals surface area contributed by atoms with Gasteiger partial charge in [0.1, 0.15) is 5.75 Å². The highest BCUT2D eigenvalue weighted by Crippen LogP contribution is 2.16. The molecule has 1 aliphatic heterocycles. The van der Waals surface area contributed by atoms with Crippen LogP contribution in [0.3, 0.4) is 0 Å². The fourth-order valence-corrected chi connectivity index (χ4v) is 1.42. The number of benzene rings is 1. The number of carbonyl (C=O) groups excluding carboxylic acids is 1. The molecule has 0 saturated carbocycles. The second kappa shape index (κ2) is 5.19. The first-order chi connectivity index (χ1) is 8.15. The summed E-state index contributed by atoms with van der Waals surface area (Å²) < 4.78 is 10.4. The average Bonchev–Trinajstić information content (AvgIpc) is 3.12. The van der Waals surface area contributed by atoms with Gasteiger partial charge in [0.2, 0.25) is 0 Å². The highest BCUT2D eigenvalue weighted by molar-refractivity contribution is 5.77. The molecule has 1 N–H and O–H groups in total. The summed E-state index contributed by atoms with van der Waals surface area (Å²) in [5.74, 6) is 0.615. The molecule has 0 aliphatic carbocycles. The third-order valence-electron chi connectivity index (χ3n) is 2.78. The van der Waals surface area contributed by atoms with Crippen LogP contribution in [0.4, 0.5) is 0 Å². The van der Waals surface area contributed by atoms with Crippen LogP contribution in [-0.2, 0) is 9.53 Å². The number of nitrogens with one attached hydrogen (secondary N) is 1. The highest BCUT2D eigenvalue weighted by atomic mass is 16.6. The maximum absolute atomic E-state index is 11.4. The molecule has 1 aromatic rings. The van der Waals surface area contributed by atoms with Gasteiger partial charge < -0.3 is 14.8 Å².